The zero-order valence-electron chi connectivity index (χ0n) is 23.4. The Kier molecular flexibility index (Phi) is 7.12. The number of carbonyl (C=O) groups excluding carboxylic acids is 1. The van der Waals surface area contributed by atoms with Crippen molar-refractivity contribution >= 4 is 22.6 Å². The van der Waals surface area contributed by atoms with Crippen molar-refractivity contribution in [3.8, 4) is 17.5 Å². The summed E-state index contributed by atoms with van der Waals surface area (Å²) in [7, 11) is 0. The summed E-state index contributed by atoms with van der Waals surface area (Å²) in [5.74, 6) is 0.685. The molecule has 0 bridgehead atoms. The van der Waals surface area contributed by atoms with Crippen LogP contribution in [0.5, 0.6) is 0 Å². The number of aromatic nitrogens is 3. The maximum Gasteiger partial charge on any atom is 0.251 e. The quantitative estimate of drug-likeness (QED) is 0.387. The molecule has 6 rings (SSSR count). The Hall–Kier alpha value is -4.39. The Balaban J connectivity index is 1.19. The van der Waals surface area contributed by atoms with E-state index in [4.69, 9.17) is 19.4 Å². The maximum absolute atomic E-state index is 13.0. The third-order valence-electron chi connectivity index (χ3n) is 7.66. The molecule has 41 heavy (non-hydrogen) atoms. The molecule has 0 aliphatic carbocycles. The normalized spacial score (nSPS) is 22.1. The fraction of sp³-hybridized carbons (Fsp3) is 0.344. The zero-order chi connectivity index (χ0) is 28.6. The molecule has 1 N–H and O–H groups in total. The minimum absolute atomic E-state index is 0.147. The number of ether oxygens (including phenoxy) is 2. The second-order valence-electron chi connectivity index (χ2n) is 11.1. The first kappa shape index (κ1) is 26.8. The number of nitrogens with one attached hydrogen (secondary N) is 1. The standard InChI is InChI=1S/C32H32N6O3/c1-20-15-38(16-21(2)41-20)30-6-4-5-27(37-30)28-10-9-23-13-34-25(12-29(23)36-28)14-35-31(39)22-7-8-24-17-40-19-32(3,18-33)26(24)11-22/h4-13,20-21H,14-17,19H2,1-3H3,(H,35,39)/t20-,21+,32-/m1/s1. The predicted octanol–water partition coefficient (Wildman–Crippen LogP) is 4.55. The second-order valence-corrected chi connectivity index (χ2v) is 11.1. The van der Waals surface area contributed by atoms with Gasteiger partial charge < -0.3 is 19.7 Å². The number of nitriles is 1. The van der Waals surface area contributed by atoms with Crippen LogP contribution in [0.2, 0.25) is 0 Å². The van der Waals surface area contributed by atoms with Gasteiger partial charge in [0.05, 0.1) is 60.6 Å². The summed E-state index contributed by atoms with van der Waals surface area (Å²) in [6.07, 6.45) is 2.06. The molecule has 5 heterocycles. The van der Waals surface area contributed by atoms with Crippen LogP contribution in [0.4, 0.5) is 5.82 Å². The van der Waals surface area contributed by atoms with Crippen LogP contribution in [0.3, 0.4) is 0 Å². The first-order valence-corrected chi connectivity index (χ1v) is 13.9. The van der Waals surface area contributed by atoms with Gasteiger partial charge in [0, 0.05) is 30.2 Å². The van der Waals surface area contributed by atoms with Crippen LogP contribution in [0.1, 0.15) is 48.0 Å². The predicted molar refractivity (Wildman–Crippen MR) is 155 cm³/mol. The highest BCUT2D eigenvalue weighted by Crippen LogP contribution is 2.32. The minimum atomic E-state index is -0.777. The smallest absolute Gasteiger partial charge is 0.251 e. The van der Waals surface area contributed by atoms with Gasteiger partial charge in [-0.1, -0.05) is 12.1 Å². The van der Waals surface area contributed by atoms with Gasteiger partial charge in [-0.25, -0.2) is 9.97 Å². The van der Waals surface area contributed by atoms with E-state index in [1.54, 1.807) is 18.3 Å². The lowest BCUT2D eigenvalue weighted by atomic mass is 9.79. The number of morpholine rings is 1. The van der Waals surface area contributed by atoms with Crippen molar-refractivity contribution < 1.29 is 14.3 Å². The number of rotatable bonds is 5. The van der Waals surface area contributed by atoms with Crippen LogP contribution in [0.15, 0.2) is 60.8 Å². The highest BCUT2D eigenvalue weighted by molar-refractivity contribution is 5.94. The van der Waals surface area contributed by atoms with E-state index in [1.807, 2.05) is 49.4 Å². The lowest BCUT2D eigenvalue weighted by molar-refractivity contribution is -0.00545. The van der Waals surface area contributed by atoms with E-state index < -0.39 is 5.41 Å². The van der Waals surface area contributed by atoms with Gasteiger partial charge in [0.25, 0.3) is 5.91 Å². The molecule has 1 aromatic carbocycles. The van der Waals surface area contributed by atoms with Gasteiger partial charge in [-0.2, -0.15) is 5.26 Å². The monoisotopic (exact) mass is 548 g/mol. The highest BCUT2D eigenvalue weighted by atomic mass is 16.5. The lowest BCUT2D eigenvalue weighted by Crippen LogP contribution is -2.45. The summed E-state index contributed by atoms with van der Waals surface area (Å²) in [6, 6.07) is 19.6. The zero-order valence-corrected chi connectivity index (χ0v) is 23.4. The lowest BCUT2D eigenvalue weighted by Gasteiger charge is -2.36. The molecule has 1 amide bonds. The minimum Gasteiger partial charge on any atom is -0.375 e. The third kappa shape index (κ3) is 5.49. The Labute approximate surface area is 239 Å². The van der Waals surface area contributed by atoms with E-state index in [9.17, 15) is 10.1 Å². The summed E-state index contributed by atoms with van der Waals surface area (Å²) in [5.41, 5.74) is 4.55. The van der Waals surface area contributed by atoms with Crippen LogP contribution < -0.4 is 10.2 Å². The number of benzene rings is 1. The van der Waals surface area contributed by atoms with E-state index in [0.717, 1.165) is 52.3 Å². The number of amides is 1. The molecule has 0 spiro atoms. The summed E-state index contributed by atoms with van der Waals surface area (Å²) in [5, 5.41) is 13.6. The molecule has 3 aromatic heterocycles. The number of nitrogens with zero attached hydrogens (tertiary/aromatic N) is 5. The molecule has 3 atom stereocenters. The van der Waals surface area contributed by atoms with Gasteiger partial charge in [0.2, 0.25) is 0 Å². The summed E-state index contributed by atoms with van der Waals surface area (Å²) >= 11 is 0. The van der Waals surface area contributed by atoms with E-state index in [2.05, 4.69) is 35.1 Å². The van der Waals surface area contributed by atoms with Crippen molar-refractivity contribution in [1.82, 2.24) is 20.3 Å². The SMILES string of the molecule is C[C@@H]1CN(c2cccc(-c3ccc4cnc(CNC(=O)c5ccc6c(c5)[C@](C)(C#N)COC6)cc4n3)n2)C[C@H](C)O1. The summed E-state index contributed by atoms with van der Waals surface area (Å²) in [4.78, 5) is 29.6. The molecule has 0 saturated carbocycles. The van der Waals surface area contributed by atoms with Gasteiger partial charge >= 0.3 is 0 Å². The highest BCUT2D eigenvalue weighted by Gasteiger charge is 2.33. The molecular formula is C32H32N6O3. The topological polar surface area (TPSA) is 113 Å². The van der Waals surface area contributed by atoms with Gasteiger partial charge in [-0.3, -0.25) is 9.78 Å². The number of carbonyl (C=O) groups is 1. The molecule has 208 valence electrons. The van der Waals surface area contributed by atoms with E-state index >= 15 is 0 Å². The van der Waals surface area contributed by atoms with Gasteiger partial charge in [0.1, 0.15) is 11.2 Å². The van der Waals surface area contributed by atoms with Crippen molar-refractivity contribution in [1.29, 1.82) is 5.26 Å². The molecule has 0 unspecified atom stereocenters. The molecule has 0 radical (unpaired) electrons. The van der Waals surface area contributed by atoms with E-state index in [0.29, 0.717) is 24.5 Å². The summed E-state index contributed by atoms with van der Waals surface area (Å²) < 4.78 is 11.4. The van der Waals surface area contributed by atoms with Crippen LogP contribution in [-0.4, -0.2) is 52.8 Å². The number of pyridine rings is 3. The number of anilines is 1. The third-order valence-corrected chi connectivity index (χ3v) is 7.66. The largest absolute Gasteiger partial charge is 0.375 e. The molecule has 1 fully saturated rings. The van der Waals surface area contributed by atoms with Crippen molar-refractivity contribution in [3.63, 3.8) is 0 Å². The van der Waals surface area contributed by atoms with Crippen LogP contribution in [0.25, 0.3) is 22.3 Å². The molecule has 2 aliphatic heterocycles. The average Bonchev–Trinajstić information content (AvgIpc) is 2.99. The van der Waals surface area contributed by atoms with Crippen molar-refractivity contribution in [2.45, 2.75) is 51.5 Å². The Morgan fingerprint density at radius 2 is 1.90 bits per heavy atom. The molecular weight excluding hydrogens is 516 g/mol. The number of hydrogen-bond donors (Lipinski definition) is 1. The fourth-order valence-corrected chi connectivity index (χ4v) is 5.57. The average molecular weight is 549 g/mol. The Morgan fingerprint density at radius 3 is 2.71 bits per heavy atom. The maximum atomic E-state index is 13.0. The number of hydrogen-bond acceptors (Lipinski definition) is 8. The van der Waals surface area contributed by atoms with Crippen molar-refractivity contribution in [3.05, 3.63) is 83.2 Å². The Bertz CT molecular complexity index is 1660. The molecule has 2 aliphatic rings. The van der Waals surface area contributed by atoms with E-state index in [-0.39, 0.29) is 24.7 Å². The van der Waals surface area contributed by atoms with Gasteiger partial charge in [0.15, 0.2) is 0 Å². The van der Waals surface area contributed by atoms with Crippen molar-refractivity contribution in [2.75, 3.05) is 24.6 Å². The van der Waals surface area contributed by atoms with Gasteiger partial charge in [-0.05, 0) is 74.4 Å². The molecule has 9 heteroatoms. The van der Waals surface area contributed by atoms with Crippen molar-refractivity contribution in [2.24, 2.45) is 0 Å². The first-order valence-electron chi connectivity index (χ1n) is 13.9. The fourth-order valence-electron chi connectivity index (χ4n) is 5.57. The van der Waals surface area contributed by atoms with Crippen LogP contribution in [-0.2, 0) is 28.0 Å². The summed E-state index contributed by atoms with van der Waals surface area (Å²) in [6.45, 7) is 8.59. The molecule has 9 nitrogen and oxygen atoms in total. The second kappa shape index (κ2) is 10.9. The molecule has 1 saturated heterocycles. The number of fused-ring (bicyclic) bond motifs is 2. The van der Waals surface area contributed by atoms with E-state index in [1.165, 1.54) is 0 Å². The van der Waals surface area contributed by atoms with Gasteiger partial charge in [-0.15, -0.1) is 0 Å². The first-order chi connectivity index (χ1) is 19.8. The Morgan fingerprint density at radius 1 is 1.10 bits per heavy atom. The molecule has 4 aromatic rings. The van der Waals surface area contributed by atoms with Crippen LogP contribution >= 0.6 is 0 Å². The van der Waals surface area contributed by atoms with Crippen LogP contribution in [0, 0.1) is 11.3 Å².